The summed E-state index contributed by atoms with van der Waals surface area (Å²) in [5, 5.41) is 6.14. The summed E-state index contributed by atoms with van der Waals surface area (Å²) in [6.07, 6.45) is 3.21. The fourth-order valence-electron chi connectivity index (χ4n) is 1.91. The van der Waals surface area contributed by atoms with Crippen LogP contribution in [-0.4, -0.2) is 16.4 Å². The molecule has 0 saturated carbocycles. The number of nitrogens with zero attached hydrogens (tertiary/aromatic N) is 1. The average Bonchev–Trinajstić information content (AvgIpc) is 2.28. The van der Waals surface area contributed by atoms with Crippen LogP contribution >= 0.6 is 15.9 Å². The molecule has 0 radical (unpaired) electrons. The van der Waals surface area contributed by atoms with Crippen molar-refractivity contribution in [1.82, 2.24) is 4.98 Å². The van der Waals surface area contributed by atoms with E-state index in [0.29, 0.717) is 0 Å². The first-order valence-corrected chi connectivity index (χ1v) is 6.16. The van der Waals surface area contributed by atoms with Gasteiger partial charge in [-0.1, -0.05) is 13.8 Å². The van der Waals surface area contributed by atoms with Crippen molar-refractivity contribution in [3.8, 4) is 0 Å². The standard InChI is InChI=1S/C11H14BrN3O/c1-3-11(4-2)10(16)14-8-5-7(12)6-13-9(8)15-11/h5-6H,3-4H2,1-2H3,(H,13,15)(H,14,16). The van der Waals surface area contributed by atoms with Crippen LogP contribution in [0.1, 0.15) is 26.7 Å². The Bertz CT molecular complexity index is 429. The van der Waals surface area contributed by atoms with Gasteiger partial charge in [0.25, 0.3) is 0 Å². The molecule has 86 valence electrons. The number of nitrogens with one attached hydrogen (secondary N) is 2. The van der Waals surface area contributed by atoms with E-state index in [0.717, 1.165) is 28.8 Å². The lowest BCUT2D eigenvalue weighted by Gasteiger charge is -2.36. The second-order valence-corrected chi connectivity index (χ2v) is 4.83. The van der Waals surface area contributed by atoms with Crippen LogP contribution in [0.4, 0.5) is 11.5 Å². The molecule has 1 aromatic heterocycles. The number of amides is 1. The number of carbonyl (C=O) groups excluding carboxylic acids is 1. The van der Waals surface area contributed by atoms with E-state index < -0.39 is 5.54 Å². The molecule has 2 heterocycles. The van der Waals surface area contributed by atoms with Crippen molar-refractivity contribution in [1.29, 1.82) is 0 Å². The van der Waals surface area contributed by atoms with Crippen molar-refractivity contribution in [2.45, 2.75) is 32.2 Å². The smallest absolute Gasteiger partial charge is 0.250 e. The van der Waals surface area contributed by atoms with Gasteiger partial charge in [-0.3, -0.25) is 4.79 Å². The normalized spacial score (nSPS) is 17.3. The Morgan fingerprint density at radius 3 is 2.75 bits per heavy atom. The lowest BCUT2D eigenvalue weighted by atomic mass is 9.90. The van der Waals surface area contributed by atoms with E-state index in [2.05, 4.69) is 31.5 Å². The summed E-state index contributed by atoms with van der Waals surface area (Å²) in [6.45, 7) is 4.00. The van der Waals surface area contributed by atoms with Gasteiger partial charge in [-0.15, -0.1) is 0 Å². The fraction of sp³-hybridized carbons (Fsp3) is 0.455. The molecule has 0 aromatic carbocycles. The van der Waals surface area contributed by atoms with E-state index in [4.69, 9.17) is 0 Å². The highest BCUT2D eigenvalue weighted by Crippen LogP contribution is 2.33. The van der Waals surface area contributed by atoms with Gasteiger partial charge in [0.2, 0.25) is 5.91 Å². The number of halogens is 1. The minimum atomic E-state index is -0.520. The second kappa shape index (κ2) is 4.05. The van der Waals surface area contributed by atoms with E-state index in [-0.39, 0.29) is 5.91 Å². The minimum Gasteiger partial charge on any atom is -0.354 e. The summed E-state index contributed by atoms with van der Waals surface area (Å²) in [5.74, 6) is 0.761. The Morgan fingerprint density at radius 2 is 2.12 bits per heavy atom. The number of pyridine rings is 1. The van der Waals surface area contributed by atoms with E-state index >= 15 is 0 Å². The van der Waals surface area contributed by atoms with Gasteiger partial charge in [0.1, 0.15) is 5.54 Å². The summed E-state index contributed by atoms with van der Waals surface area (Å²) in [5.41, 5.74) is 0.213. The largest absolute Gasteiger partial charge is 0.354 e. The lowest BCUT2D eigenvalue weighted by molar-refractivity contribution is -0.120. The second-order valence-electron chi connectivity index (χ2n) is 3.92. The van der Waals surface area contributed by atoms with Crippen molar-refractivity contribution in [3.05, 3.63) is 16.7 Å². The van der Waals surface area contributed by atoms with Crippen LogP contribution in [0.2, 0.25) is 0 Å². The zero-order valence-electron chi connectivity index (χ0n) is 9.30. The van der Waals surface area contributed by atoms with Gasteiger partial charge in [-0.05, 0) is 34.8 Å². The van der Waals surface area contributed by atoms with Crippen LogP contribution in [0.25, 0.3) is 0 Å². The Morgan fingerprint density at radius 1 is 1.44 bits per heavy atom. The highest BCUT2D eigenvalue weighted by Gasteiger charge is 2.39. The molecule has 1 aliphatic heterocycles. The first-order chi connectivity index (χ1) is 7.61. The molecular formula is C11H14BrN3O. The maximum Gasteiger partial charge on any atom is 0.250 e. The summed E-state index contributed by atoms with van der Waals surface area (Å²) in [6, 6.07) is 1.85. The number of rotatable bonds is 2. The third-order valence-electron chi connectivity index (χ3n) is 3.10. The van der Waals surface area contributed by atoms with Gasteiger partial charge in [0.15, 0.2) is 5.82 Å². The quantitative estimate of drug-likeness (QED) is 0.878. The molecule has 1 amide bonds. The molecule has 0 spiro atoms. The Hall–Kier alpha value is -1.10. The molecule has 0 unspecified atom stereocenters. The van der Waals surface area contributed by atoms with Crippen LogP contribution in [0.3, 0.4) is 0 Å². The van der Waals surface area contributed by atoms with Crippen LogP contribution in [0.5, 0.6) is 0 Å². The Kier molecular flexibility index (Phi) is 2.88. The van der Waals surface area contributed by atoms with Crippen LogP contribution in [0.15, 0.2) is 16.7 Å². The molecule has 4 nitrogen and oxygen atoms in total. The molecule has 1 aliphatic rings. The molecule has 0 fully saturated rings. The zero-order valence-corrected chi connectivity index (χ0v) is 10.9. The SMILES string of the molecule is CCC1(CC)Nc2ncc(Br)cc2NC1=O. The first-order valence-electron chi connectivity index (χ1n) is 5.36. The average molecular weight is 284 g/mol. The number of fused-ring (bicyclic) bond motifs is 1. The molecule has 0 saturated heterocycles. The third kappa shape index (κ3) is 1.69. The van der Waals surface area contributed by atoms with E-state index in [1.807, 2.05) is 19.9 Å². The summed E-state index contributed by atoms with van der Waals surface area (Å²) in [4.78, 5) is 16.3. The molecule has 1 aromatic rings. The van der Waals surface area contributed by atoms with Crippen LogP contribution < -0.4 is 10.6 Å². The number of hydrogen-bond donors (Lipinski definition) is 2. The van der Waals surface area contributed by atoms with Crippen molar-refractivity contribution < 1.29 is 4.79 Å². The molecule has 0 atom stereocenters. The molecule has 5 heteroatoms. The maximum atomic E-state index is 12.0. The molecule has 16 heavy (non-hydrogen) atoms. The van der Waals surface area contributed by atoms with Crippen molar-refractivity contribution in [3.63, 3.8) is 0 Å². The molecule has 2 N–H and O–H groups in total. The Labute approximate surface area is 103 Å². The zero-order chi connectivity index (χ0) is 11.8. The predicted octanol–water partition coefficient (Wildman–Crippen LogP) is 2.77. The number of carbonyl (C=O) groups is 1. The van der Waals surface area contributed by atoms with Gasteiger partial charge < -0.3 is 10.6 Å². The fourth-order valence-corrected chi connectivity index (χ4v) is 2.24. The molecule has 0 aliphatic carbocycles. The van der Waals surface area contributed by atoms with E-state index in [1.54, 1.807) is 6.20 Å². The minimum absolute atomic E-state index is 0.0184. The first kappa shape index (κ1) is 11.4. The van der Waals surface area contributed by atoms with Gasteiger partial charge >= 0.3 is 0 Å². The third-order valence-corrected chi connectivity index (χ3v) is 3.54. The van der Waals surface area contributed by atoms with Crippen LogP contribution in [0, 0.1) is 0 Å². The highest BCUT2D eigenvalue weighted by atomic mass is 79.9. The maximum absolute atomic E-state index is 12.0. The summed E-state index contributed by atoms with van der Waals surface area (Å²) in [7, 11) is 0. The van der Waals surface area contributed by atoms with Gasteiger partial charge in [0.05, 0.1) is 5.69 Å². The number of hydrogen-bond acceptors (Lipinski definition) is 3. The van der Waals surface area contributed by atoms with E-state index in [9.17, 15) is 4.79 Å². The van der Waals surface area contributed by atoms with E-state index in [1.165, 1.54) is 0 Å². The predicted molar refractivity (Wildman–Crippen MR) is 67.5 cm³/mol. The van der Waals surface area contributed by atoms with Gasteiger partial charge in [0, 0.05) is 10.7 Å². The highest BCUT2D eigenvalue weighted by molar-refractivity contribution is 9.10. The lowest BCUT2D eigenvalue weighted by Crippen LogP contribution is -2.51. The number of aromatic nitrogens is 1. The Balaban J connectivity index is 2.42. The molecular weight excluding hydrogens is 270 g/mol. The number of anilines is 2. The van der Waals surface area contributed by atoms with Crippen molar-refractivity contribution in [2.24, 2.45) is 0 Å². The summed E-state index contributed by atoms with van der Waals surface area (Å²) >= 11 is 3.33. The van der Waals surface area contributed by atoms with Gasteiger partial charge in [-0.2, -0.15) is 0 Å². The van der Waals surface area contributed by atoms with Crippen molar-refractivity contribution in [2.75, 3.05) is 10.6 Å². The monoisotopic (exact) mass is 283 g/mol. The van der Waals surface area contributed by atoms with Crippen LogP contribution in [-0.2, 0) is 4.79 Å². The van der Waals surface area contributed by atoms with Gasteiger partial charge in [-0.25, -0.2) is 4.98 Å². The topological polar surface area (TPSA) is 54.0 Å². The molecule has 0 bridgehead atoms. The molecule has 2 rings (SSSR count). The summed E-state index contributed by atoms with van der Waals surface area (Å²) < 4.78 is 0.855. The van der Waals surface area contributed by atoms with Crippen molar-refractivity contribution >= 4 is 33.3 Å².